The summed E-state index contributed by atoms with van der Waals surface area (Å²) >= 11 is 0. The molecule has 0 bridgehead atoms. The average molecular weight is 431 g/mol. The van der Waals surface area contributed by atoms with Crippen molar-refractivity contribution in [1.82, 2.24) is 5.32 Å². The smallest absolute Gasteiger partial charge is 0.324 e. The molecule has 2 aliphatic rings. The summed E-state index contributed by atoms with van der Waals surface area (Å²) in [5.74, 6) is -1.28. The van der Waals surface area contributed by atoms with E-state index in [4.69, 9.17) is 4.74 Å². The van der Waals surface area contributed by atoms with Crippen LogP contribution in [0.2, 0.25) is 0 Å². The first-order valence-corrected chi connectivity index (χ1v) is 10.6. The molecule has 1 fully saturated rings. The van der Waals surface area contributed by atoms with E-state index in [0.29, 0.717) is 5.57 Å². The maximum atomic E-state index is 13.4. The molecule has 0 spiro atoms. The fraction of sp³-hybridized carbons (Fsp3) is 0.308. The fourth-order valence-electron chi connectivity index (χ4n) is 4.71. The molecule has 2 aromatic rings. The van der Waals surface area contributed by atoms with Gasteiger partial charge in [0.15, 0.2) is 0 Å². The van der Waals surface area contributed by atoms with Gasteiger partial charge in [0.05, 0.1) is 5.92 Å². The van der Waals surface area contributed by atoms with Crippen molar-refractivity contribution in [3.05, 3.63) is 111 Å². The lowest BCUT2D eigenvalue weighted by Gasteiger charge is -2.33. The Morgan fingerprint density at radius 1 is 1.06 bits per heavy atom. The molecule has 164 valence electrons. The van der Waals surface area contributed by atoms with Gasteiger partial charge in [-0.05, 0) is 38.0 Å². The number of allylic oxidation sites excluding steroid dienone is 2. The maximum Gasteiger partial charge on any atom is 0.324 e. The Kier molecular flexibility index (Phi) is 5.59. The van der Waals surface area contributed by atoms with Crippen molar-refractivity contribution in [2.24, 2.45) is 5.92 Å². The number of nitro groups is 1. The summed E-state index contributed by atoms with van der Waals surface area (Å²) in [7, 11) is 0. The second-order valence-corrected chi connectivity index (χ2v) is 9.08. The normalized spacial score (nSPS) is 23.7. The molecule has 6 nitrogen and oxygen atoms in total. The summed E-state index contributed by atoms with van der Waals surface area (Å²) in [6, 6.07) is 16.5. The highest BCUT2D eigenvalue weighted by Crippen LogP contribution is 2.47. The third-order valence-electron chi connectivity index (χ3n) is 5.85. The largest absolute Gasteiger partial charge is 0.459 e. The summed E-state index contributed by atoms with van der Waals surface area (Å²) in [6.45, 7) is 5.36. The topological polar surface area (TPSA) is 81.5 Å². The zero-order chi connectivity index (χ0) is 22.9. The zero-order valence-corrected chi connectivity index (χ0v) is 18.3. The van der Waals surface area contributed by atoms with Crippen LogP contribution < -0.4 is 5.32 Å². The highest BCUT2D eigenvalue weighted by molar-refractivity contribution is 5.79. The molecule has 1 aliphatic heterocycles. The Balaban J connectivity index is 1.97. The quantitative estimate of drug-likeness (QED) is 0.333. The molecule has 6 heteroatoms. The second kappa shape index (κ2) is 8.23. The van der Waals surface area contributed by atoms with Gasteiger partial charge in [-0.2, -0.15) is 0 Å². The van der Waals surface area contributed by atoms with Crippen molar-refractivity contribution in [3.63, 3.8) is 0 Å². The van der Waals surface area contributed by atoms with E-state index in [9.17, 15) is 14.9 Å². The van der Waals surface area contributed by atoms with Gasteiger partial charge in [0.2, 0.25) is 6.04 Å². The monoisotopic (exact) mass is 430 g/mol. The second-order valence-electron chi connectivity index (χ2n) is 9.08. The van der Waals surface area contributed by atoms with Crippen molar-refractivity contribution in [2.75, 3.05) is 0 Å². The van der Waals surface area contributed by atoms with Crippen LogP contribution in [0.15, 0.2) is 90.2 Å². The van der Waals surface area contributed by atoms with Gasteiger partial charge < -0.3 is 4.74 Å². The summed E-state index contributed by atoms with van der Waals surface area (Å²) in [6.07, 6.45) is 5.28. The van der Waals surface area contributed by atoms with Crippen LogP contribution >= 0.6 is 0 Å². The third-order valence-corrected chi connectivity index (χ3v) is 5.85. The van der Waals surface area contributed by atoms with E-state index in [0.717, 1.165) is 11.1 Å². The number of ether oxygens (including phenoxy) is 1. The minimum Gasteiger partial charge on any atom is -0.459 e. The van der Waals surface area contributed by atoms with Crippen LogP contribution in [0, 0.1) is 16.0 Å². The predicted octanol–water partition coefficient (Wildman–Crippen LogP) is 4.16. The van der Waals surface area contributed by atoms with Crippen molar-refractivity contribution >= 4 is 5.97 Å². The molecule has 1 N–H and O–H groups in total. The molecule has 3 atom stereocenters. The average Bonchev–Trinajstić information content (AvgIpc) is 3.40. The molecule has 4 rings (SSSR count). The minimum atomic E-state index is -1.23. The van der Waals surface area contributed by atoms with Crippen LogP contribution in [0.5, 0.6) is 0 Å². The van der Waals surface area contributed by atoms with Gasteiger partial charge in [-0.25, -0.2) is 0 Å². The highest BCUT2D eigenvalue weighted by Gasteiger charge is 2.65. The molecule has 1 saturated heterocycles. The van der Waals surface area contributed by atoms with Crippen molar-refractivity contribution in [2.45, 2.75) is 44.0 Å². The van der Waals surface area contributed by atoms with Crippen molar-refractivity contribution < 1.29 is 14.5 Å². The Morgan fingerprint density at radius 2 is 1.62 bits per heavy atom. The van der Waals surface area contributed by atoms with Crippen LogP contribution in [0.25, 0.3) is 0 Å². The fourth-order valence-corrected chi connectivity index (χ4v) is 4.71. The Morgan fingerprint density at radius 3 is 2.06 bits per heavy atom. The van der Waals surface area contributed by atoms with Gasteiger partial charge in [-0.1, -0.05) is 72.8 Å². The summed E-state index contributed by atoms with van der Waals surface area (Å²) in [5.41, 5.74) is 3.19. The van der Waals surface area contributed by atoms with Crippen LogP contribution in [0.1, 0.15) is 31.9 Å². The number of carbonyl (C=O) groups is 1. The lowest BCUT2D eigenvalue weighted by atomic mass is 9.74. The number of carbonyl (C=O) groups excluding carboxylic acids is 1. The van der Waals surface area contributed by atoms with E-state index in [1.165, 1.54) is 0 Å². The van der Waals surface area contributed by atoms with Crippen LogP contribution in [-0.2, 0) is 15.1 Å². The van der Waals surface area contributed by atoms with Crippen molar-refractivity contribution in [1.29, 1.82) is 0 Å². The Bertz CT molecular complexity index is 1070. The highest BCUT2D eigenvalue weighted by atomic mass is 16.6. The SMILES string of the molecule is CC(C)(C)OC(=O)[C@H]1NC(c2ccccc2)(c2ccccc2)[C@@H]([N+](=O)[O-])[C@@H]1C1=C=CC=C1. The van der Waals surface area contributed by atoms with E-state index in [2.05, 4.69) is 11.0 Å². The first kappa shape index (κ1) is 21.8. The molecular weight excluding hydrogens is 404 g/mol. The van der Waals surface area contributed by atoms with Gasteiger partial charge in [0, 0.05) is 10.5 Å². The first-order valence-electron chi connectivity index (χ1n) is 10.6. The lowest BCUT2D eigenvalue weighted by molar-refractivity contribution is -0.536. The summed E-state index contributed by atoms with van der Waals surface area (Å²) in [4.78, 5) is 25.8. The summed E-state index contributed by atoms with van der Waals surface area (Å²) in [5, 5.41) is 16.1. The lowest BCUT2D eigenvalue weighted by Crippen LogP contribution is -2.51. The molecule has 2 aromatic carbocycles. The standard InChI is InChI=1S/C26H26N2O4/c1-25(2,3)32-24(29)22-21(18-12-10-11-13-18)23(28(30)31)26(27-22,19-14-6-4-7-15-19)20-16-8-5-9-17-20/h4-12,14-17,21-23,27H,1-3H3/t21-,22+,23+/m1/s1. The van der Waals surface area contributed by atoms with Gasteiger partial charge in [0.25, 0.3) is 0 Å². The number of nitrogens with one attached hydrogen (secondary N) is 1. The van der Waals surface area contributed by atoms with E-state index >= 15 is 0 Å². The van der Waals surface area contributed by atoms with E-state index in [-0.39, 0.29) is 4.92 Å². The minimum absolute atomic E-state index is 0.275. The molecule has 0 amide bonds. The maximum absolute atomic E-state index is 13.4. The number of esters is 1. The van der Waals surface area contributed by atoms with Crippen molar-refractivity contribution in [3.8, 4) is 0 Å². The zero-order valence-electron chi connectivity index (χ0n) is 18.3. The number of hydrogen-bond acceptors (Lipinski definition) is 5. The molecule has 1 heterocycles. The number of benzene rings is 2. The molecule has 1 aliphatic carbocycles. The Hall–Kier alpha value is -3.47. The molecule has 0 radical (unpaired) electrons. The van der Waals surface area contributed by atoms with E-state index in [1.54, 1.807) is 39.0 Å². The number of nitrogens with zero attached hydrogens (tertiary/aromatic N) is 1. The van der Waals surface area contributed by atoms with Crippen LogP contribution in [0.3, 0.4) is 0 Å². The Labute approximate surface area is 187 Å². The molecule has 0 saturated carbocycles. The summed E-state index contributed by atoms with van der Waals surface area (Å²) < 4.78 is 5.71. The molecular formula is C26H26N2O4. The number of rotatable bonds is 5. The third kappa shape index (κ3) is 3.79. The molecule has 0 unspecified atom stereocenters. The van der Waals surface area contributed by atoms with Gasteiger partial charge >= 0.3 is 5.97 Å². The van der Waals surface area contributed by atoms with Gasteiger partial charge in [-0.15, -0.1) is 5.73 Å². The van der Waals surface area contributed by atoms with Gasteiger partial charge in [-0.3, -0.25) is 20.2 Å². The predicted molar refractivity (Wildman–Crippen MR) is 121 cm³/mol. The van der Waals surface area contributed by atoms with E-state index < -0.39 is 35.1 Å². The molecule has 0 aromatic heterocycles. The molecule has 32 heavy (non-hydrogen) atoms. The number of hydrogen-bond donors (Lipinski definition) is 1. The van der Waals surface area contributed by atoms with E-state index in [1.807, 2.05) is 60.7 Å². The van der Waals surface area contributed by atoms with Gasteiger partial charge in [0.1, 0.15) is 17.2 Å². The first-order chi connectivity index (χ1) is 15.2. The van der Waals surface area contributed by atoms with Crippen LogP contribution in [0.4, 0.5) is 0 Å². The van der Waals surface area contributed by atoms with Crippen LogP contribution in [-0.4, -0.2) is 28.6 Å².